The number of rotatable bonds is 4. The number of methoxy groups -OCH3 is 1. The van der Waals surface area contributed by atoms with Gasteiger partial charge in [0, 0.05) is 37.7 Å². The maximum Gasteiger partial charge on any atom is 0.289 e. The van der Waals surface area contributed by atoms with Crippen LogP contribution in [-0.4, -0.2) is 46.1 Å². The number of halogens is 1. The fourth-order valence-corrected chi connectivity index (χ4v) is 4.15. The quantitative estimate of drug-likeness (QED) is 0.617. The summed E-state index contributed by atoms with van der Waals surface area (Å²) in [7, 11) is 1.65. The van der Waals surface area contributed by atoms with Crippen molar-refractivity contribution >= 4 is 22.9 Å². The van der Waals surface area contributed by atoms with Gasteiger partial charge in [0.1, 0.15) is 6.23 Å². The molecule has 2 atom stereocenters. The van der Waals surface area contributed by atoms with Crippen LogP contribution >= 0.6 is 22.9 Å². The van der Waals surface area contributed by atoms with Crippen molar-refractivity contribution in [1.82, 2.24) is 14.8 Å². The third-order valence-corrected chi connectivity index (χ3v) is 5.22. The lowest BCUT2D eigenvalue weighted by atomic mass is 9.98. The van der Waals surface area contributed by atoms with Crippen molar-refractivity contribution in [2.45, 2.75) is 26.1 Å². The topological polar surface area (TPSA) is 71.7 Å². The molecule has 0 amide bonds. The standard InChI is InChI=1S/C13H17ClN4O3S/c1-8-5-10(21-2)17-4-3-16(12(17)11(8)18(19)20)7-9-6-15-13(14)22-9/h6,8,10H,3-5,7H2,1-2H3. The molecule has 1 aromatic heterocycles. The van der Waals surface area contributed by atoms with E-state index in [2.05, 4.69) is 4.98 Å². The van der Waals surface area contributed by atoms with Gasteiger partial charge in [-0.05, 0) is 0 Å². The number of hydrogen-bond donors (Lipinski definition) is 0. The van der Waals surface area contributed by atoms with Crippen LogP contribution in [0.2, 0.25) is 4.47 Å². The number of ether oxygens (including phenoxy) is 1. The maximum absolute atomic E-state index is 11.5. The van der Waals surface area contributed by atoms with Crippen LogP contribution in [0.4, 0.5) is 0 Å². The zero-order chi connectivity index (χ0) is 15.9. The van der Waals surface area contributed by atoms with E-state index in [-0.39, 0.29) is 22.8 Å². The van der Waals surface area contributed by atoms with Crippen molar-refractivity contribution < 1.29 is 9.66 Å². The van der Waals surface area contributed by atoms with Crippen LogP contribution in [0.5, 0.6) is 0 Å². The summed E-state index contributed by atoms with van der Waals surface area (Å²) >= 11 is 7.27. The Labute approximate surface area is 137 Å². The van der Waals surface area contributed by atoms with Crippen LogP contribution in [0, 0.1) is 16.0 Å². The van der Waals surface area contributed by atoms with Crippen LogP contribution in [0.15, 0.2) is 17.7 Å². The van der Waals surface area contributed by atoms with E-state index in [9.17, 15) is 10.1 Å². The molecule has 0 bridgehead atoms. The number of fused-ring (bicyclic) bond motifs is 1. The van der Waals surface area contributed by atoms with Gasteiger partial charge in [0.15, 0.2) is 10.3 Å². The lowest BCUT2D eigenvalue weighted by Crippen LogP contribution is -2.42. The van der Waals surface area contributed by atoms with E-state index in [1.165, 1.54) is 11.3 Å². The smallest absolute Gasteiger partial charge is 0.289 e. The van der Waals surface area contributed by atoms with Gasteiger partial charge in [-0.25, -0.2) is 4.98 Å². The van der Waals surface area contributed by atoms with E-state index >= 15 is 0 Å². The first-order valence-electron chi connectivity index (χ1n) is 7.04. The van der Waals surface area contributed by atoms with Crippen molar-refractivity contribution in [3.63, 3.8) is 0 Å². The molecule has 0 aliphatic carbocycles. The largest absolute Gasteiger partial charge is 0.362 e. The lowest BCUT2D eigenvalue weighted by molar-refractivity contribution is -0.439. The van der Waals surface area contributed by atoms with Crippen molar-refractivity contribution in [3.05, 3.63) is 37.2 Å². The van der Waals surface area contributed by atoms with Crippen molar-refractivity contribution in [1.29, 1.82) is 0 Å². The molecular formula is C13H17ClN4O3S. The van der Waals surface area contributed by atoms with Crippen LogP contribution in [0.3, 0.4) is 0 Å². The summed E-state index contributed by atoms with van der Waals surface area (Å²) in [5.41, 5.74) is 0.279. The van der Waals surface area contributed by atoms with Crippen molar-refractivity contribution in [3.8, 4) is 0 Å². The minimum Gasteiger partial charge on any atom is -0.362 e. The molecule has 2 unspecified atom stereocenters. The molecule has 0 N–H and O–H groups in total. The Morgan fingerprint density at radius 1 is 1.59 bits per heavy atom. The SMILES string of the molecule is COC1CC(C)C([N+](=O)[O-])=C2N(Cc3cnc(Cl)s3)CCN21. The maximum atomic E-state index is 11.5. The average molecular weight is 345 g/mol. The fourth-order valence-electron chi connectivity index (χ4n) is 3.16. The van der Waals surface area contributed by atoms with Gasteiger partial charge in [0.25, 0.3) is 5.70 Å². The summed E-state index contributed by atoms with van der Waals surface area (Å²) in [6, 6.07) is 0. The molecule has 9 heteroatoms. The molecule has 3 heterocycles. The zero-order valence-electron chi connectivity index (χ0n) is 12.4. The number of hydrogen-bond acceptors (Lipinski definition) is 7. The van der Waals surface area contributed by atoms with Crippen LogP contribution in [0.1, 0.15) is 18.2 Å². The minimum absolute atomic E-state index is 0.108. The highest BCUT2D eigenvalue weighted by Gasteiger charge is 2.45. The Hall–Kier alpha value is -1.38. The van der Waals surface area contributed by atoms with Crippen LogP contribution < -0.4 is 0 Å². The summed E-state index contributed by atoms with van der Waals surface area (Å²) in [6.45, 7) is 3.92. The van der Waals surface area contributed by atoms with E-state index in [1.807, 2.05) is 16.7 Å². The van der Waals surface area contributed by atoms with Crippen LogP contribution in [-0.2, 0) is 11.3 Å². The van der Waals surface area contributed by atoms with Gasteiger partial charge in [0.2, 0.25) is 0 Å². The Balaban J connectivity index is 1.95. The number of aromatic nitrogens is 1. The minimum atomic E-state index is -0.253. The Bertz CT molecular complexity index is 620. The second kappa shape index (κ2) is 6.02. The molecule has 22 heavy (non-hydrogen) atoms. The normalized spacial score (nSPS) is 24.9. The highest BCUT2D eigenvalue weighted by atomic mass is 35.5. The molecule has 0 aromatic carbocycles. The lowest BCUT2D eigenvalue weighted by Gasteiger charge is -2.36. The monoisotopic (exact) mass is 344 g/mol. The Morgan fingerprint density at radius 2 is 2.36 bits per heavy atom. The van der Waals surface area contributed by atoms with Gasteiger partial charge in [0.05, 0.1) is 17.4 Å². The van der Waals surface area contributed by atoms with E-state index in [4.69, 9.17) is 16.3 Å². The summed E-state index contributed by atoms with van der Waals surface area (Å²) in [4.78, 5) is 20.3. The van der Waals surface area contributed by atoms with Gasteiger partial charge in [-0.3, -0.25) is 10.1 Å². The summed E-state index contributed by atoms with van der Waals surface area (Å²) in [5, 5.41) is 11.5. The number of nitrogens with zero attached hydrogens (tertiary/aromatic N) is 4. The Kier molecular flexibility index (Phi) is 4.24. The first-order chi connectivity index (χ1) is 10.5. The average Bonchev–Trinajstić information content (AvgIpc) is 3.05. The summed E-state index contributed by atoms with van der Waals surface area (Å²) < 4.78 is 6.01. The molecule has 120 valence electrons. The second-order valence-corrected chi connectivity index (χ2v) is 7.18. The summed E-state index contributed by atoms with van der Waals surface area (Å²) in [6.07, 6.45) is 2.25. The zero-order valence-corrected chi connectivity index (χ0v) is 13.9. The third kappa shape index (κ3) is 2.66. The molecule has 2 aliphatic heterocycles. The molecule has 2 aliphatic rings. The fraction of sp³-hybridized carbons (Fsp3) is 0.615. The molecule has 0 saturated carbocycles. The molecular weight excluding hydrogens is 328 g/mol. The molecule has 1 saturated heterocycles. The summed E-state index contributed by atoms with van der Waals surface area (Å²) in [5.74, 6) is 0.539. The van der Waals surface area contributed by atoms with Crippen molar-refractivity contribution in [2.24, 2.45) is 5.92 Å². The van der Waals surface area contributed by atoms with E-state index in [0.29, 0.717) is 23.3 Å². The van der Waals surface area contributed by atoms with Gasteiger partial charge in [-0.1, -0.05) is 18.5 Å². The second-order valence-electron chi connectivity index (χ2n) is 5.49. The number of nitro groups is 1. The third-order valence-electron chi connectivity index (χ3n) is 4.12. The predicted molar refractivity (Wildman–Crippen MR) is 82.8 cm³/mol. The van der Waals surface area contributed by atoms with E-state index in [1.54, 1.807) is 13.3 Å². The first kappa shape index (κ1) is 15.5. The Morgan fingerprint density at radius 3 is 2.95 bits per heavy atom. The highest BCUT2D eigenvalue weighted by molar-refractivity contribution is 7.15. The van der Waals surface area contributed by atoms with E-state index < -0.39 is 0 Å². The molecule has 0 spiro atoms. The van der Waals surface area contributed by atoms with E-state index in [0.717, 1.165) is 18.0 Å². The molecule has 1 aromatic rings. The number of allylic oxidation sites excluding steroid dienone is 1. The van der Waals surface area contributed by atoms with Gasteiger partial charge in [-0.2, -0.15) is 0 Å². The predicted octanol–water partition coefficient (Wildman–Crippen LogP) is 2.37. The molecule has 1 fully saturated rings. The van der Waals surface area contributed by atoms with Crippen LogP contribution in [0.25, 0.3) is 0 Å². The van der Waals surface area contributed by atoms with Gasteiger partial charge < -0.3 is 14.5 Å². The molecule has 0 radical (unpaired) electrons. The molecule has 7 nitrogen and oxygen atoms in total. The van der Waals surface area contributed by atoms with Gasteiger partial charge >= 0.3 is 0 Å². The number of thiazole rings is 1. The highest BCUT2D eigenvalue weighted by Crippen LogP contribution is 2.38. The van der Waals surface area contributed by atoms with Crippen molar-refractivity contribution in [2.75, 3.05) is 20.2 Å². The first-order valence-corrected chi connectivity index (χ1v) is 8.24. The van der Waals surface area contributed by atoms with Gasteiger partial charge in [-0.15, -0.1) is 11.3 Å². The molecule has 3 rings (SSSR count).